The van der Waals surface area contributed by atoms with Gasteiger partial charge in [0.15, 0.2) is 0 Å². The van der Waals surface area contributed by atoms with E-state index < -0.39 is 0 Å². The molecule has 0 unspecified atom stereocenters. The molecule has 2 aromatic carbocycles. The van der Waals surface area contributed by atoms with Crippen LogP contribution in [-0.2, 0) is 29.1 Å². The standard InChI is InChI=1S/C23H26N4O2/c28-23-21(11-13-27-16-22(25-26-27)17-29-14-4-12-24-23)15-18-7-9-20(10-8-18)19-5-2-1-3-6-19/h1-3,5-10,16,21H,4,11-15,17H2,(H,24,28)/t21-/m0/s1. The molecule has 1 amide bonds. The minimum Gasteiger partial charge on any atom is -0.375 e. The van der Waals surface area contributed by atoms with Gasteiger partial charge >= 0.3 is 0 Å². The number of fused-ring (bicyclic) bond motifs is 2. The number of nitrogens with zero attached hydrogens (tertiary/aromatic N) is 3. The zero-order valence-electron chi connectivity index (χ0n) is 16.5. The maximum atomic E-state index is 12.8. The summed E-state index contributed by atoms with van der Waals surface area (Å²) in [5.41, 5.74) is 4.38. The lowest BCUT2D eigenvalue weighted by atomic mass is 9.94. The lowest BCUT2D eigenvalue weighted by molar-refractivity contribution is -0.125. The molecule has 0 fully saturated rings. The van der Waals surface area contributed by atoms with Crippen molar-refractivity contribution in [2.75, 3.05) is 13.2 Å². The second kappa shape index (κ2) is 9.47. The summed E-state index contributed by atoms with van der Waals surface area (Å²) in [7, 11) is 0. The number of amides is 1. The number of carbonyl (C=O) groups excluding carboxylic acids is 1. The molecule has 1 aromatic heterocycles. The van der Waals surface area contributed by atoms with Crippen LogP contribution in [0.25, 0.3) is 11.1 Å². The molecule has 1 aliphatic heterocycles. The monoisotopic (exact) mass is 390 g/mol. The summed E-state index contributed by atoms with van der Waals surface area (Å²) in [6.45, 7) is 2.35. The van der Waals surface area contributed by atoms with Gasteiger partial charge in [-0.2, -0.15) is 0 Å². The maximum absolute atomic E-state index is 12.8. The second-order valence-corrected chi connectivity index (χ2v) is 7.42. The predicted octanol–water partition coefficient (Wildman–Crippen LogP) is 3.23. The van der Waals surface area contributed by atoms with Gasteiger partial charge in [-0.05, 0) is 36.0 Å². The lowest BCUT2D eigenvalue weighted by Gasteiger charge is -2.17. The molecule has 0 saturated heterocycles. The van der Waals surface area contributed by atoms with Crippen molar-refractivity contribution in [2.45, 2.75) is 32.4 Å². The first kappa shape index (κ1) is 19.3. The quantitative estimate of drug-likeness (QED) is 0.746. The fourth-order valence-electron chi connectivity index (χ4n) is 3.58. The van der Waals surface area contributed by atoms with Crippen molar-refractivity contribution >= 4 is 5.91 Å². The van der Waals surface area contributed by atoms with Gasteiger partial charge in [-0.25, -0.2) is 0 Å². The van der Waals surface area contributed by atoms with Crippen LogP contribution in [0.4, 0.5) is 0 Å². The number of benzene rings is 2. The van der Waals surface area contributed by atoms with Crippen molar-refractivity contribution in [3.8, 4) is 11.1 Å². The van der Waals surface area contributed by atoms with Gasteiger partial charge in [-0.3, -0.25) is 9.48 Å². The highest BCUT2D eigenvalue weighted by atomic mass is 16.5. The summed E-state index contributed by atoms with van der Waals surface area (Å²) in [5, 5.41) is 11.4. The Kier molecular flexibility index (Phi) is 6.32. The summed E-state index contributed by atoms with van der Waals surface area (Å²) >= 11 is 0. The number of nitrogens with one attached hydrogen (secondary N) is 1. The average molecular weight is 390 g/mol. The summed E-state index contributed by atoms with van der Waals surface area (Å²) in [5.74, 6) is -0.0105. The van der Waals surface area contributed by atoms with Crippen molar-refractivity contribution in [2.24, 2.45) is 5.92 Å². The average Bonchev–Trinajstić information content (AvgIpc) is 3.22. The van der Waals surface area contributed by atoms with Crippen LogP contribution in [0.15, 0.2) is 60.8 Å². The summed E-state index contributed by atoms with van der Waals surface area (Å²) in [4.78, 5) is 12.8. The van der Waals surface area contributed by atoms with Crippen molar-refractivity contribution in [1.29, 1.82) is 0 Å². The SMILES string of the molecule is O=C1NCCCOCc2cn(nn2)CC[C@H]1Cc1ccc(-c2ccccc2)cc1. The Morgan fingerprint density at radius 2 is 1.86 bits per heavy atom. The third-order valence-electron chi connectivity index (χ3n) is 5.22. The Balaban J connectivity index is 1.46. The van der Waals surface area contributed by atoms with Gasteiger partial charge in [0.2, 0.25) is 5.91 Å². The molecule has 2 heterocycles. The first-order chi connectivity index (χ1) is 14.3. The number of rotatable bonds is 3. The Morgan fingerprint density at radius 3 is 2.69 bits per heavy atom. The van der Waals surface area contributed by atoms with E-state index in [0.29, 0.717) is 32.7 Å². The number of carbonyl (C=O) groups is 1. The molecule has 1 atom stereocenters. The van der Waals surface area contributed by atoms with Crippen LogP contribution in [0.3, 0.4) is 0 Å². The van der Waals surface area contributed by atoms with E-state index in [-0.39, 0.29) is 11.8 Å². The maximum Gasteiger partial charge on any atom is 0.223 e. The van der Waals surface area contributed by atoms with E-state index in [1.165, 1.54) is 11.1 Å². The highest BCUT2D eigenvalue weighted by molar-refractivity contribution is 5.79. The second-order valence-electron chi connectivity index (χ2n) is 7.42. The third kappa shape index (κ3) is 5.29. The van der Waals surface area contributed by atoms with Crippen molar-refractivity contribution in [3.05, 3.63) is 72.1 Å². The van der Waals surface area contributed by atoms with Gasteiger partial charge < -0.3 is 10.1 Å². The van der Waals surface area contributed by atoms with Crippen LogP contribution >= 0.6 is 0 Å². The molecule has 0 aliphatic carbocycles. The molecule has 0 radical (unpaired) electrons. The van der Waals surface area contributed by atoms with Gasteiger partial charge in [0, 0.05) is 25.6 Å². The van der Waals surface area contributed by atoms with E-state index in [4.69, 9.17) is 4.74 Å². The smallest absolute Gasteiger partial charge is 0.223 e. The van der Waals surface area contributed by atoms with Crippen LogP contribution in [-0.4, -0.2) is 34.1 Å². The van der Waals surface area contributed by atoms with Gasteiger partial charge in [0.1, 0.15) is 5.69 Å². The first-order valence-corrected chi connectivity index (χ1v) is 10.2. The third-order valence-corrected chi connectivity index (χ3v) is 5.22. The highest BCUT2D eigenvalue weighted by Gasteiger charge is 2.19. The summed E-state index contributed by atoms with van der Waals surface area (Å²) in [6.07, 6.45) is 4.12. The zero-order chi connectivity index (χ0) is 19.9. The summed E-state index contributed by atoms with van der Waals surface area (Å²) < 4.78 is 7.38. The van der Waals surface area contributed by atoms with Crippen LogP contribution in [0, 0.1) is 5.92 Å². The normalized spacial score (nSPS) is 18.2. The van der Waals surface area contributed by atoms with E-state index in [0.717, 1.165) is 24.1 Å². The fourth-order valence-corrected chi connectivity index (χ4v) is 3.58. The zero-order valence-corrected chi connectivity index (χ0v) is 16.5. The minimum atomic E-state index is -0.105. The molecule has 1 aliphatic rings. The molecule has 2 bridgehead atoms. The van der Waals surface area contributed by atoms with Gasteiger partial charge in [-0.15, -0.1) is 5.10 Å². The Hall–Kier alpha value is -2.99. The van der Waals surface area contributed by atoms with E-state index in [2.05, 4.69) is 52.0 Å². The topological polar surface area (TPSA) is 69.0 Å². The van der Waals surface area contributed by atoms with E-state index in [9.17, 15) is 4.79 Å². The molecule has 0 saturated carbocycles. The molecule has 6 nitrogen and oxygen atoms in total. The molecular weight excluding hydrogens is 364 g/mol. The molecule has 6 heteroatoms. The Morgan fingerprint density at radius 1 is 1.07 bits per heavy atom. The van der Waals surface area contributed by atoms with Crippen molar-refractivity contribution in [3.63, 3.8) is 0 Å². The van der Waals surface area contributed by atoms with Crippen molar-refractivity contribution < 1.29 is 9.53 Å². The predicted molar refractivity (Wildman–Crippen MR) is 111 cm³/mol. The highest BCUT2D eigenvalue weighted by Crippen LogP contribution is 2.21. The summed E-state index contributed by atoms with van der Waals surface area (Å²) in [6, 6.07) is 18.8. The molecular formula is C23H26N4O2. The Labute approximate surface area is 170 Å². The van der Waals surface area contributed by atoms with E-state index in [1.807, 2.05) is 24.4 Å². The van der Waals surface area contributed by atoms with E-state index in [1.54, 1.807) is 4.68 Å². The molecule has 0 spiro atoms. The van der Waals surface area contributed by atoms with Crippen LogP contribution in [0.1, 0.15) is 24.1 Å². The molecule has 1 N–H and O–H groups in total. The first-order valence-electron chi connectivity index (χ1n) is 10.2. The number of hydrogen-bond acceptors (Lipinski definition) is 4. The molecule has 150 valence electrons. The van der Waals surface area contributed by atoms with E-state index >= 15 is 0 Å². The van der Waals surface area contributed by atoms with Crippen molar-refractivity contribution in [1.82, 2.24) is 20.3 Å². The van der Waals surface area contributed by atoms with Crippen LogP contribution < -0.4 is 5.32 Å². The number of aryl methyl sites for hydroxylation is 1. The van der Waals surface area contributed by atoms with Gasteiger partial charge in [0.25, 0.3) is 0 Å². The minimum absolute atomic E-state index is 0.0942. The number of ether oxygens (including phenoxy) is 1. The molecule has 4 rings (SSSR count). The fraction of sp³-hybridized carbons (Fsp3) is 0.348. The number of aromatic nitrogens is 3. The Bertz CT molecular complexity index is 922. The number of hydrogen-bond donors (Lipinski definition) is 1. The molecule has 29 heavy (non-hydrogen) atoms. The van der Waals surface area contributed by atoms with Crippen LogP contribution in [0.2, 0.25) is 0 Å². The largest absolute Gasteiger partial charge is 0.375 e. The molecule has 3 aromatic rings. The van der Waals surface area contributed by atoms with Crippen LogP contribution in [0.5, 0.6) is 0 Å². The van der Waals surface area contributed by atoms with Gasteiger partial charge in [0.05, 0.1) is 12.8 Å². The van der Waals surface area contributed by atoms with Gasteiger partial charge in [-0.1, -0.05) is 59.8 Å². The lowest BCUT2D eigenvalue weighted by Crippen LogP contribution is -2.33.